The van der Waals surface area contributed by atoms with E-state index in [0.29, 0.717) is 48.7 Å². The van der Waals surface area contributed by atoms with Crippen LogP contribution < -0.4 is 15.4 Å². The number of hydrogen-bond donors (Lipinski definition) is 3. The van der Waals surface area contributed by atoms with Gasteiger partial charge in [-0.1, -0.05) is 6.07 Å². The van der Waals surface area contributed by atoms with E-state index in [2.05, 4.69) is 16.7 Å². The maximum atomic E-state index is 12.4. The Kier molecular flexibility index (Phi) is 7.50. The Morgan fingerprint density at radius 2 is 1.44 bits per heavy atom. The summed E-state index contributed by atoms with van der Waals surface area (Å²) in [6.45, 7) is 2.72. The maximum Gasteiger partial charge on any atom is 0.306 e. The van der Waals surface area contributed by atoms with Gasteiger partial charge in [0.25, 0.3) is 11.8 Å². The molecule has 2 aromatic rings. The van der Waals surface area contributed by atoms with Crippen molar-refractivity contribution < 1.29 is 24.2 Å². The summed E-state index contributed by atoms with van der Waals surface area (Å²) >= 11 is 0. The lowest BCUT2D eigenvalue weighted by Gasteiger charge is -2.26. The molecule has 0 unspecified atom stereocenters. The summed E-state index contributed by atoms with van der Waals surface area (Å²) in [6.07, 6.45) is 5.16. The van der Waals surface area contributed by atoms with E-state index in [1.54, 1.807) is 24.3 Å². The molecule has 0 aliphatic heterocycles. The third-order valence-electron chi connectivity index (χ3n) is 6.69. The van der Waals surface area contributed by atoms with Gasteiger partial charge < -0.3 is 20.5 Å². The fourth-order valence-corrected chi connectivity index (χ4v) is 4.53. The normalized spacial score (nSPS) is 19.8. The van der Waals surface area contributed by atoms with Gasteiger partial charge in [-0.05, 0) is 98.9 Å². The summed E-state index contributed by atoms with van der Waals surface area (Å²) in [5.74, 6) is -0.0259. The number of hydrogen-bond acceptors (Lipinski definition) is 4. The van der Waals surface area contributed by atoms with E-state index < -0.39 is 5.97 Å². The number of carboxylic acid groups (broad SMARTS) is 1. The molecule has 0 heterocycles. The Morgan fingerprint density at radius 1 is 0.853 bits per heavy atom. The SMILES string of the molecule is Cc1cc(C(=O)NCCNC(=O)c2ccc(OC3CCC(C(=O)O)CC3)cc2)ccc1C1CC1. The van der Waals surface area contributed by atoms with Crippen LogP contribution in [0.5, 0.6) is 5.75 Å². The second kappa shape index (κ2) is 10.7. The summed E-state index contributed by atoms with van der Waals surface area (Å²) in [4.78, 5) is 35.8. The second-order valence-electron chi connectivity index (χ2n) is 9.31. The zero-order chi connectivity index (χ0) is 24.1. The number of rotatable bonds is 9. The summed E-state index contributed by atoms with van der Waals surface area (Å²) in [5, 5.41) is 14.8. The van der Waals surface area contributed by atoms with Crippen LogP contribution in [-0.2, 0) is 4.79 Å². The number of aliphatic carboxylic acids is 1. The number of aryl methyl sites for hydroxylation is 1. The fraction of sp³-hybridized carbons (Fsp3) is 0.444. The van der Waals surface area contributed by atoms with Gasteiger partial charge in [0.15, 0.2) is 0 Å². The Balaban J connectivity index is 1.17. The van der Waals surface area contributed by atoms with E-state index in [4.69, 9.17) is 9.84 Å². The lowest BCUT2D eigenvalue weighted by atomic mass is 9.87. The Morgan fingerprint density at radius 3 is 2.00 bits per heavy atom. The van der Waals surface area contributed by atoms with Gasteiger partial charge in [0, 0.05) is 24.2 Å². The number of amides is 2. The Labute approximate surface area is 199 Å². The highest BCUT2D eigenvalue weighted by Gasteiger charge is 2.27. The van der Waals surface area contributed by atoms with E-state index in [-0.39, 0.29) is 23.8 Å². The number of carbonyl (C=O) groups excluding carboxylic acids is 2. The van der Waals surface area contributed by atoms with Crippen molar-refractivity contribution in [2.45, 2.75) is 57.5 Å². The van der Waals surface area contributed by atoms with Crippen LogP contribution in [0.15, 0.2) is 42.5 Å². The maximum absolute atomic E-state index is 12.4. The number of carboxylic acids is 1. The molecule has 4 rings (SSSR count). The third kappa shape index (κ3) is 6.16. The molecule has 7 heteroatoms. The van der Waals surface area contributed by atoms with Crippen molar-refractivity contribution in [3.05, 3.63) is 64.7 Å². The van der Waals surface area contributed by atoms with Crippen LogP contribution in [0.2, 0.25) is 0 Å². The predicted octanol–water partition coefficient (Wildman–Crippen LogP) is 4.05. The second-order valence-corrected chi connectivity index (χ2v) is 9.31. The van der Waals surface area contributed by atoms with Gasteiger partial charge in [-0.15, -0.1) is 0 Å². The Bertz CT molecular complexity index is 1040. The van der Waals surface area contributed by atoms with Crippen LogP contribution >= 0.6 is 0 Å². The molecule has 7 nitrogen and oxygen atoms in total. The van der Waals surface area contributed by atoms with Crippen LogP contribution in [0.3, 0.4) is 0 Å². The van der Waals surface area contributed by atoms with Crippen molar-refractivity contribution in [1.29, 1.82) is 0 Å². The third-order valence-corrected chi connectivity index (χ3v) is 6.69. The molecular weight excluding hydrogens is 432 g/mol. The quantitative estimate of drug-likeness (QED) is 0.486. The lowest BCUT2D eigenvalue weighted by Crippen LogP contribution is -2.34. The van der Waals surface area contributed by atoms with E-state index in [9.17, 15) is 14.4 Å². The van der Waals surface area contributed by atoms with Crippen molar-refractivity contribution in [2.75, 3.05) is 13.1 Å². The average molecular weight is 465 g/mol. The number of nitrogens with one attached hydrogen (secondary N) is 2. The first-order valence-corrected chi connectivity index (χ1v) is 12.1. The summed E-state index contributed by atoms with van der Waals surface area (Å²) < 4.78 is 5.95. The van der Waals surface area contributed by atoms with Crippen LogP contribution in [-0.4, -0.2) is 42.1 Å². The van der Waals surface area contributed by atoms with Crippen molar-refractivity contribution >= 4 is 17.8 Å². The molecule has 0 saturated heterocycles. The molecule has 2 aliphatic carbocycles. The molecule has 2 aliphatic rings. The molecule has 34 heavy (non-hydrogen) atoms. The number of carbonyl (C=O) groups is 3. The largest absolute Gasteiger partial charge is 0.490 e. The van der Waals surface area contributed by atoms with Gasteiger partial charge in [0.1, 0.15) is 5.75 Å². The zero-order valence-electron chi connectivity index (χ0n) is 19.5. The van der Waals surface area contributed by atoms with Gasteiger partial charge in [-0.25, -0.2) is 0 Å². The highest BCUT2D eigenvalue weighted by Crippen LogP contribution is 2.41. The molecule has 0 spiro atoms. The van der Waals surface area contributed by atoms with E-state index in [0.717, 1.165) is 18.4 Å². The Hall–Kier alpha value is -3.35. The van der Waals surface area contributed by atoms with Crippen molar-refractivity contribution in [2.24, 2.45) is 5.92 Å². The van der Waals surface area contributed by atoms with Gasteiger partial charge in [0.2, 0.25) is 0 Å². The highest BCUT2D eigenvalue weighted by atomic mass is 16.5. The van der Waals surface area contributed by atoms with Gasteiger partial charge in [0.05, 0.1) is 12.0 Å². The monoisotopic (exact) mass is 464 g/mol. The minimum atomic E-state index is -0.731. The summed E-state index contributed by atoms with van der Waals surface area (Å²) in [6, 6.07) is 12.8. The first-order valence-electron chi connectivity index (χ1n) is 12.1. The molecule has 2 amide bonds. The molecule has 2 fully saturated rings. The van der Waals surface area contributed by atoms with E-state index in [1.165, 1.54) is 18.4 Å². The molecule has 3 N–H and O–H groups in total. The van der Waals surface area contributed by atoms with Crippen molar-refractivity contribution in [3.8, 4) is 5.75 Å². The minimum absolute atomic E-state index is 0.00702. The van der Waals surface area contributed by atoms with E-state index in [1.807, 2.05) is 19.1 Å². The van der Waals surface area contributed by atoms with Gasteiger partial charge >= 0.3 is 5.97 Å². The molecule has 180 valence electrons. The van der Waals surface area contributed by atoms with Crippen LogP contribution in [0.1, 0.15) is 76.3 Å². The molecule has 0 radical (unpaired) electrons. The first-order chi connectivity index (χ1) is 16.4. The molecule has 2 aromatic carbocycles. The summed E-state index contributed by atoms with van der Waals surface area (Å²) in [7, 11) is 0. The van der Waals surface area contributed by atoms with Gasteiger partial charge in [-0.2, -0.15) is 0 Å². The first kappa shape index (κ1) is 23.8. The van der Waals surface area contributed by atoms with Crippen molar-refractivity contribution in [3.63, 3.8) is 0 Å². The molecule has 0 atom stereocenters. The molecule has 0 aromatic heterocycles. The van der Waals surface area contributed by atoms with Gasteiger partial charge in [-0.3, -0.25) is 14.4 Å². The topological polar surface area (TPSA) is 105 Å². The average Bonchev–Trinajstić information content (AvgIpc) is 3.67. The van der Waals surface area contributed by atoms with Crippen LogP contribution in [0.25, 0.3) is 0 Å². The van der Waals surface area contributed by atoms with E-state index >= 15 is 0 Å². The fourth-order valence-electron chi connectivity index (χ4n) is 4.53. The summed E-state index contributed by atoms with van der Waals surface area (Å²) in [5.41, 5.74) is 3.65. The van der Waals surface area contributed by atoms with Crippen LogP contribution in [0, 0.1) is 12.8 Å². The number of ether oxygens (including phenoxy) is 1. The minimum Gasteiger partial charge on any atom is -0.490 e. The predicted molar refractivity (Wildman–Crippen MR) is 128 cm³/mol. The van der Waals surface area contributed by atoms with Crippen LogP contribution in [0.4, 0.5) is 0 Å². The number of benzene rings is 2. The zero-order valence-corrected chi connectivity index (χ0v) is 19.5. The molecule has 0 bridgehead atoms. The standard InChI is InChI=1S/C27H32N2O5/c1-17-16-21(8-13-24(17)18-2-3-18)26(31)29-15-14-28-25(30)19-4-9-22(10-5-19)34-23-11-6-20(7-12-23)27(32)33/h4-5,8-10,13,16,18,20,23H,2-3,6-7,11-12,14-15H2,1H3,(H,28,30)(H,29,31)(H,32,33). The highest BCUT2D eigenvalue weighted by molar-refractivity contribution is 5.95. The van der Waals surface area contributed by atoms with Crippen molar-refractivity contribution in [1.82, 2.24) is 10.6 Å². The molecular formula is C27H32N2O5. The lowest BCUT2D eigenvalue weighted by molar-refractivity contribution is -0.143. The molecule has 2 saturated carbocycles. The smallest absolute Gasteiger partial charge is 0.306 e.